The fraction of sp³-hybridized carbons (Fsp3) is 0.188. The maximum atomic E-state index is 5.99. The van der Waals surface area contributed by atoms with Crippen LogP contribution in [0.1, 0.15) is 23.4 Å². The minimum atomic E-state index is 0.238. The molecule has 21 heavy (non-hydrogen) atoms. The molecule has 0 saturated carbocycles. The third-order valence-corrected chi connectivity index (χ3v) is 4.65. The molecule has 0 aliphatic heterocycles. The molecule has 0 bridgehead atoms. The molecule has 5 heteroatoms. The van der Waals surface area contributed by atoms with Crippen LogP contribution >= 0.6 is 22.9 Å². The van der Waals surface area contributed by atoms with Gasteiger partial charge in [-0.05, 0) is 42.8 Å². The van der Waals surface area contributed by atoms with Gasteiger partial charge >= 0.3 is 0 Å². The molecular weight excluding hydrogens is 302 g/mol. The van der Waals surface area contributed by atoms with Crippen LogP contribution in [0.15, 0.2) is 54.9 Å². The first-order valence-electron chi connectivity index (χ1n) is 6.79. The van der Waals surface area contributed by atoms with Crippen LogP contribution < -0.4 is 5.32 Å². The van der Waals surface area contributed by atoms with Gasteiger partial charge in [0.15, 0.2) is 0 Å². The number of hydrogen-bond acceptors (Lipinski definition) is 3. The maximum Gasteiger partial charge on any atom is 0.0932 e. The standard InChI is InChI=1S/C16H16ClN3S/c1-12(15-6-7-16(17)21-15)19-14-5-2-4-13(10-14)11-20-9-3-8-18-20/h2-10,12,19H,11H2,1H3. The van der Waals surface area contributed by atoms with Crippen molar-refractivity contribution in [1.29, 1.82) is 0 Å². The predicted molar refractivity (Wildman–Crippen MR) is 89.1 cm³/mol. The zero-order valence-corrected chi connectivity index (χ0v) is 13.2. The van der Waals surface area contributed by atoms with Crippen LogP contribution in [-0.4, -0.2) is 9.78 Å². The number of aromatic nitrogens is 2. The predicted octanol–water partition coefficient (Wildman–Crippen LogP) is 4.82. The number of thiophene rings is 1. The number of nitrogens with one attached hydrogen (secondary N) is 1. The molecule has 1 N–H and O–H groups in total. The summed E-state index contributed by atoms with van der Waals surface area (Å²) in [5, 5.41) is 7.75. The average Bonchev–Trinajstić information content (AvgIpc) is 3.11. The highest BCUT2D eigenvalue weighted by Crippen LogP contribution is 2.29. The van der Waals surface area contributed by atoms with Gasteiger partial charge in [0.25, 0.3) is 0 Å². The highest BCUT2D eigenvalue weighted by Gasteiger charge is 2.08. The van der Waals surface area contributed by atoms with E-state index in [1.165, 1.54) is 10.4 Å². The molecule has 0 amide bonds. The number of benzene rings is 1. The van der Waals surface area contributed by atoms with E-state index in [4.69, 9.17) is 11.6 Å². The quantitative estimate of drug-likeness (QED) is 0.731. The normalized spacial score (nSPS) is 12.3. The summed E-state index contributed by atoms with van der Waals surface area (Å²) in [5.41, 5.74) is 2.33. The molecule has 3 aromatic rings. The van der Waals surface area contributed by atoms with Crippen LogP contribution in [0.2, 0.25) is 4.34 Å². The Morgan fingerprint density at radius 3 is 2.90 bits per heavy atom. The van der Waals surface area contributed by atoms with E-state index in [0.29, 0.717) is 0 Å². The fourth-order valence-corrected chi connectivity index (χ4v) is 3.29. The monoisotopic (exact) mass is 317 g/mol. The van der Waals surface area contributed by atoms with E-state index in [0.717, 1.165) is 16.6 Å². The lowest BCUT2D eigenvalue weighted by atomic mass is 10.2. The average molecular weight is 318 g/mol. The van der Waals surface area contributed by atoms with Crippen molar-refractivity contribution in [2.75, 3.05) is 5.32 Å². The molecular formula is C16H16ClN3S. The van der Waals surface area contributed by atoms with Crippen LogP contribution in [0.3, 0.4) is 0 Å². The molecule has 1 atom stereocenters. The molecule has 2 aromatic heterocycles. The van der Waals surface area contributed by atoms with Gasteiger partial charge in [-0.25, -0.2) is 0 Å². The Balaban J connectivity index is 1.71. The van der Waals surface area contributed by atoms with Crippen molar-refractivity contribution in [1.82, 2.24) is 9.78 Å². The molecule has 0 aliphatic carbocycles. The van der Waals surface area contributed by atoms with E-state index < -0.39 is 0 Å². The van der Waals surface area contributed by atoms with Gasteiger partial charge in [-0.3, -0.25) is 4.68 Å². The first kappa shape index (κ1) is 14.2. The van der Waals surface area contributed by atoms with Gasteiger partial charge in [0.05, 0.1) is 16.9 Å². The Labute approximate surface area is 133 Å². The van der Waals surface area contributed by atoms with E-state index in [2.05, 4.69) is 47.7 Å². The molecule has 0 spiro atoms. The van der Waals surface area contributed by atoms with Gasteiger partial charge in [0, 0.05) is 23.0 Å². The fourth-order valence-electron chi connectivity index (χ4n) is 2.22. The van der Waals surface area contributed by atoms with Crippen LogP contribution in [0, 0.1) is 0 Å². The lowest BCUT2D eigenvalue weighted by Crippen LogP contribution is -2.06. The summed E-state index contributed by atoms with van der Waals surface area (Å²) in [7, 11) is 0. The van der Waals surface area contributed by atoms with Crippen molar-refractivity contribution in [3.05, 3.63) is 69.6 Å². The van der Waals surface area contributed by atoms with E-state index >= 15 is 0 Å². The lowest BCUT2D eigenvalue weighted by Gasteiger charge is -2.14. The van der Waals surface area contributed by atoms with Gasteiger partial charge < -0.3 is 5.32 Å². The minimum absolute atomic E-state index is 0.238. The van der Waals surface area contributed by atoms with Gasteiger partial charge in [-0.1, -0.05) is 23.7 Å². The molecule has 1 unspecified atom stereocenters. The summed E-state index contributed by atoms with van der Waals surface area (Å²) in [4.78, 5) is 1.23. The van der Waals surface area contributed by atoms with E-state index in [9.17, 15) is 0 Å². The van der Waals surface area contributed by atoms with Crippen LogP contribution in [0.5, 0.6) is 0 Å². The Hall–Kier alpha value is -1.78. The van der Waals surface area contributed by atoms with Crippen molar-refractivity contribution < 1.29 is 0 Å². The van der Waals surface area contributed by atoms with Crippen molar-refractivity contribution in [2.45, 2.75) is 19.5 Å². The highest BCUT2D eigenvalue weighted by atomic mass is 35.5. The number of anilines is 1. The van der Waals surface area contributed by atoms with Crippen LogP contribution in [0.25, 0.3) is 0 Å². The van der Waals surface area contributed by atoms with Gasteiger partial charge in [-0.2, -0.15) is 5.10 Å². The van der Waals surface area contributed by atoms with Crippen molar-refractivity contribution in [3.8, 4) is 0 Å². The summed E-state index contributed by atoms with van der Waals surface area (Å²) in [6, 6.07) is 14.6. The summed E-state index contributed by atoms with van der Waals surface area (Å²) in [6.45, 7) is 2.92. The van der Waals surface area contributed by atoms with Gasteiger partial charge in [-0.15, -0.1) is 11.3 Å². The molecule has 3 nitrogen and oxygen atoms in total. The molecule has 0 saturated heterocycles. The number of nitrogens with zero attached hydrogens (tertiary/aromatic N) is 2. The third-order valence-electron chi connectivity index (χ3n) is 3.23. The van der Waals surface area contributed by atoms with Crippen LogP contribution in [-0.2, 0) is 6.54 Å². The van der Waals surface area contributed by atoms with Crippen molar-refractivity contribution >= 4 is 28.6 Å². The topological polar surface area (TPSA) is 29.9 Å². The number of halogens is 1. The highest BCUT2D eigenvalue weighted by molar-refractivity contribution is 7.16. The molecule has 0 radical (unpaired) electrons. The Bertz CT molecular complexity index is 706. The Morgan fingerprint density at radius 1 is 1.29 bits per heavy atom. The first-order valence-corrected chi connectivity index (χ1v) is 7.98. The van der Waals surface area contributed by atoms with Gasteiger partial charge in [0.1, 0.15) is 0 Å². The second kappa shape index (κ2) is 6.33. The lowest BCUT2D eigenvalue weighted by molar-refractivity contribution is 0.687. The zero-order chi connectivity index (χ0) is 14.7. The largest absolute Gasteiger partial charge is 0.378 e. The molecule has 108 valence electrons. The second-order valence-corrected chi connectivity index (χ2v) is 6.66. The number of hydrogen-bond donors (Lipinski definition) is 1. The summed E-state index contributed by atoms with van der Waals surface area (Å²) in [6.07, 6.45) is 3.76. The van der Waals surface area contributed by atoms with Gasteiger partial charge in [0.2, 0.25) is 0 Å². The molecule has 3 rings (SSSR count). The van der Waals surface area contributed by atoms with E-state index in [1.54, 1.807) is 17.5 Å². The van der Waals surface area contributed by atoms with E-state index in [-0.39, 0.29) is 6.04 Å². The summed E-state index contributed by atoms with van der Waals surface area (Å²) >= 11 is 7.61. The van der Waals surface area contributed by atoms with Crippen LogP contribution in [0.4, 0.5) is 5.69 Å². The smallest absolute Gasteiger partial charge is 0.0932 e. The van der Waals surface area contributed by atoms with Crippen molar-refractivity contribution in [3.63, 3.8) is 0 Å². The van der Waals surface area contributed by atoms with E-state index in [1.807, 2.05) is 23.0 Å². The first-order chi connectivity index (χ1) is 10.2. The molecule has 0 aliphatic rings. The molecule has 1 aromatic carbocycles. The zero-order valence-electron chi connectivity index (χ0n) is 11.7. The Morgan fingerprint density at radius 2 is 2.19 bits per heavy atom. The minimum Gasteiger partial charge on any atom is -0.378 e. The number of rotatable bonds is 5. The summed E-state index contributed by atoms with van der Waals surface area (Å²) < 4.78 is 2.74. The third kappa shape index (κ3) is 3.65. The second-order valence-electron chi connectivity index (χ2n) is 4.91. The summed E-state index contributed by atoms with van der Waals surface area (Å²) in [5.74, 6) is 0. The Kier molecular flexibility index (Phi) is 4.27. The van der Waals surface area contributed by atoms with Crippen molar-refractivity contribution in [2.24, 2.45) is 0 Å². The maximum absolute atomic E-state index is 5.99. The molecule has 2 heterocycles. The molecule has 0 fully saturated rings. The SMILES string of the molecule is CC(Nc1cccc(Cn2cccn2)c1)c1ccc(Cl)s1.